The summed E-state index contributed by atoms with van der Waals surface area (Å²) in [4.78, 5) is 35.9. The molecule has 0 heterocycles. The van der Waals surface area contributed by atoms with Crippen molar-refractivity contribution in [2.24, 2.45) is 5.92 Å². The van der Waals surface area contributed by atoms with Gasteiger partial charge >= 0.3 is 12.1 Å². The molecule has 0 aromatic heterocycles. The van der Waals surface area contributed by atoms with Crippen LogP contribution in [0.15, 0.2) is 60.7 Å². The van der Waals surface area contributed by atoms with E-state index in [2.05, 4.69) is 34.9 Å². The number of nitrogens with one attached hydrogen (secondary N) is 2. The molecule has 0 fully saturated rings. The van der Waals surface area contributed by atoms with Crippen LogP contribution in [-0.4, -0.2) is 41.8 Å². The molecule has 3 N–H and O–H groups in total. The fourth-order valence-electron chi connectivity index (χ4n) is 4.63. The summed E-state index contributed by atoms with van der Waals surface area (Å²) in [6.07, 6.45) is 3.95. The summed E-state index contributed by atoms with van der Waals surface area (Å²) in [5, 5.41) is 14.7. The van der Waals surface area contributed by atoms with Crippen molar-refractivity contribution in [1.82, 2.24) is 10.6 Å². The second-order valence-electron chi connectivity index (χ2n) is 8.68. The van der Waals surface area contributed by atoms with Crippen LogP contribution in [0, 0.1) is 5.92 Å². The highest BCUT2D eigenvalue weighted by atomic mass is 16.5. The SMILES string of the molecule is C[C@H](CC(=O)NC1C=CCC(C(=O)O)C1)NC(=O)OCC1c2ccccc2-c2ccccc21. The van der Waals surface area contributed by atoms with Crippen molar-refractivity contribution in [1.29, 1.82) is 0 Å². The van der Waals surface area contributed by atoms with E-state index in [1.165, 1.54) is 0 Å². The first kappa shape index (κ1) is 22.6. The lowest BCUT2D eigenvalue weighted by atomic mass is 9.91. The molecule has 0 spiro atoms. The average Bonchev–Trinajstić information content (AvgIpc) is 3.11. The number of carboxylic acid groups (broad SMARTS) is 1. The van der Waals surface area contributed by atoms with Crippen LogP contribution in [-0.2, 0) is 14.3 Å². The Morgan fingerprint density at radius 1 is 1.06 bits per heavy atom. The van der Waals surface area contributed by atoms with Gasteiger partial charge in [0.15, 0.2) is 0 Å². The molecule has 33 heavy (non-hydrogen) atoms. The summed E-state index contributed by atoms with van der Waals surface area (Å²) in [5.74, 6) is -1.62. The number of rotatable bonds is 7. The number of carbonyl (C=O) groups excluding carboxylic acids is 2. The normalized spacial score (nSPS) is 19.8. The minimum Gasteiger partial charge on any atom is -0.481 e. The number of aliphatic carboxylic acids is 1. The molecule has 0 saturated carbocycles. The molecular formula is C26H28N2O5. The number of alkyl carbamates (subject to hydrolysis) is 1. The van der Waals surface area contributed by atoms with E-state index in [0.717, 1.165) is 22.3 Å². The van der Waals surface area contributed by atoms with Gasteiger partial charge in [-0.2, -0.15) is 0 Å². The zero-order valence-electron chi connectivity index (χ0n) is 18.5. The minimum atomic E-state index is -0.858. The van der Waals surface area contributed by atoms with Gasteiger partial charge in [-0.3, -0.25) is 9.59 Å². The van der Waals surface area contributed by atoms with Gasteiger partial charge in [0.1, 0.15) is 6.61 Å². The van der Waals surface area contributed by atoms with Gasteiger partial charge in [-0.15, -0.1) is 0 Å². The first-order chi connectivity index (χ1) is 15.9. The van der Waals surface area contributed by atoms with Crippen LogP contribution < -0.4 is 10.6 Å². The van der Waals surface area contributed by atoms with Gasteiger partial charge in [0, 0.05) is 24.4 Å². The summed E-state index contributed by atoms with van der Waals surface area (Å²) >= 11 is 0. The number of carbonyl (C=O) groups is 3. The number of allylic oxidation sites excluding steroid dienone is 1. The second kappa shape index (κ2) is 9.90. The third kappa shape index (κ3) is 5.25. The molecule has 2 aromatic carbocycles. The van der Waals surface area contributed by atoms with Crippen molar-refractivity contribution in [3.05, 3.63) is 71.8 Å². The van der Waals surface area contributed by atoms with Crippen molar-refractivity contribution in [3.8, 4) is 11.1 Å². The number of carboxylic acids is 1. The minimum absolute atomic E-state index is 0.0259. The Morgan fingerprint density at radius 2 is 1.70 bits per heavy atom. The summed E-state index contributed by atoms with van der Waals surface area (Å²) in [6.45, 7) is 1.94. The van der Waals surface area contributed by atoms with Crippen LogP contribution in [0.5, 0.6) is 0 Å². The molecule has 0 aliphatic heterocycles. The standard InChI is InChI=1S/C26H28N2O5/c1-16(13-24(29)28-18-8-6-7-17(14-18)25(30)31)27-26(32)33-15-23-21-11-4-2-9-19(21)20-10-3-5-12-22(20)23/h2-6,8-12,16-18,23H,7,13-15H2,1H3,(H,27,32)(H,28,29)(H,30,31)/t16-,17?,18?/m1/s1. The Kier molecular flexibility index (Phi) is 6.77. The lowest BCUT2D eigenvalue weighted by Crippen LogP contribution is -2.42. The average molecular weight is 449 g/mol. The maximum atomic E-state index is 12.4. The summed E-state index contributed by atoms with van der Waals surface area (Å²) < 4.78 is 5.52. The molecule has 2 aliphatic carbocycles. The maximum absolute atomic E-state index is 12.4. The Balaban J connectivity index is 1.26. The zero-order chi connectivity index (χ0) is 23.4. The van der Waals surface area contributed by atoms with Crippen LogP contribution in [0.25, 0.3) is 11.1 Å². The number of hydrogen-bond donors (Lipinski definition) is 3. The van der Waals surface area contributed by atoms with Crippen molar-refractivity contribution in [3.63, 3.8) is 0 Å². The van der Waals surface area contributed by atoms with E-state index in [4.69, 9.17) is 9.84 Å². The summed E-state index contributed by atoms with van der Waals surface area (Å²) in [7, 11) is 0. The summed E-state index contributed by atoms with van der Waals surface area (Å²) in [5.41, 5.74) is 4.60. The van der Waals surface area contributed by atoms with Crippen LogP contribution >= 0.6 is 0 Å². The highest BCUT2D eigenvalue weighted by Gasteiger charge is 2.29. The van der Waals surface area contributed by atoms with E-state index in [-0.39, 0.29) is 30.9 Å². The van der Waals surface area contributed by atoms with Crippen LogP contribution in [0.3, 0.4) is 0 Å². The molecular weight excluding hydrogens is 420 g/mol. The van der Waals surface area contributed by atoms with E-state index < -0.39 is 24.0 Å². The third-order valence-electron chi connectivity index (χ3n) is 6.22. The number of ether oxygens (including phenoxy) is 1. The lowest BCUT2D eigenvalue weighted by molar-refractivity contribution is -0.142. The van der Waals surface area contributed by atoms with Gasteiger partial charge in [0.05, 0.1) is 5.92 Å². The van der Waals surface area contributed by atoms with Gasteiger partial charge in [0.25, 0.3) is 0 Å². The second-order valence-corrected chi connectivity index (χ2v) is 8.68. The first-order valence-corrected chi connectivity index (χ1v) is 11.2. The summed E-state index contributed by atoms with van der Waals surface area (Å²) in [6, 6.07) is 15.5. The van der Waals surface area contributed by atoms with Gasteiger partial charge in [-0.1, -0.05) is 60.7 Å². The van der Waals surface area contributed by atoms with Crippen molar-refractivity contribution in [2.75, 3.05) is 6.61 Å². The molecule has 172 valence electrons. The third-order valence-corrected chi connectivity index (χ3v) is 6.22. The number of benzene rings is 2. The molecule has 3 atom stereocenters. The van der Waals surface area contributed by atoms with Crippen molar-refractivity contribution >= 4 is 18.0 Å². The predicted octanol–water partition coefficient (Wildman–Crippen LogP) is 3.84. The molecule has 0 bridgehead atoms. The Morgan fingerprint density at radius 3 is 2.33 bits per heavy atom. The van der Waals surface area contributed by atoms with Gasteiger partial charge in [-0.25, -0.2) is 4.79 Å². The van der Waals surface area contributed by atoms with E-state index in [1.54, 1.807) is 13.0 Å². The van der Waals surface area contributed by atoms with Crippen molar-refractivity contribution < 1.29 is 24.2 Å². The molecule has 0 saturated heterocycles. The fraction of sp³-hybridized carbons (Fsp3) is 0.346. The molecule has 2 aromatic rings. The Bertz CT molecular complexity index is 1030. The van der Waals surface area contributed by atoms with Crippen molar-refractivity contribution in [2.45, 2.75) is 44.2 Å². The van der Waals surface area contributed by atoms with Crippen LogP contribution in [0.1, 0.15) is 43.2 Å². The van der Waals surface area contributed by atoms with Gasteiger partial charge < -0.3 is 20.5 Å². The highest BCUT2D eigenvalue weighted by Crippen LogP contribution is 2.44. The zero-order valence-corrected chi connectivity index (χ0v) is 18.5. The molecule has 2 aliphatic rings. The topological polar surface area (TPSA) is 105 Å². The largest absolute Gasteiger partial charge is 0.481 e. The van der Waals surface area contributed by atoms with Gasteiger partial charge in [0.2, 0.25) is 5.91 Å². The maximum Gasteiger partial charge on any atom is 0.407 e. The van der Waals surface area contributed by atoms with E-state index in [0.29, 0.717) is 12.8 Å². The number of hydrogen-bond acceptors (Lipinski definition) is 4. The van der Waals surface area contributed by atoms with Crippen LogP contribution in [0.4, 0.5) is 4.79 Å². The van der Waals surface area contributed by atoms with Gasteiger partial charge in [-0.05, 0) is 42.0 Å². The van der Waals surface area contributed by atoms with E-state index in [9.17, 15) is 14.4 Å². The highest BCUT2D eigenvalue weighted by molar-refractivity contribution is 5.80. The lowest BCUT2D eigenvalue weighted by Gasteiger charge is -2.23. The first-order valence-electron chi connectivity index (χ1n) is 11.2. The van der Waals surface area contributed by atoms with Crippen LogP contribution in [0.2, 0.25) is 0 Å². The molecule has 7 nitrogen and oxygen atoms in total. The quantitative estimate of drug-likeness (QED) is 0.558. The number of amides is 2. The monoisotopic (exact) mass is 448 g/mol. The Hall–Kier alpha value is -3.61. The molecule has 4 rings (SSSR count). The Labute approximate surface area is 192 Å². The smallest absolute Gasteiger partial charge is 0.407 e. The molecule has 7 heteroatoms. The molecule has 0 radical (unpaired) electrons. The molecule has 2 unspecified atom stereocenters. The predicted molar refractivity (Wildman–Crippen MR) is 124 cm³/mol. The van der Waals surface area contributed by atoms with E-state index >= 15 is 0 Å². The number of fused-ring (bicyclic) bond motifs is 3. The molecule has 2 amide bonds. The van der Waals surface area contributed by atoms with E-state index in [1.807, 2.05) is 30.3 Å². The fourth-order valence-corrected chi connectivity index (χ4v) is 4.63.